The first-order valence-corrected chi connectivity index (χ1v) is 7.81. The predicted molar refractivity (Wildman–Crippen MR) is 91.1 cm³/mol. The smallest absolute Gasteiger partial charge is 0.135 e. The summed E-state index contributed by atoms with van der Waals surface area (Å²) in [6.45, 7) is 2.84. The standard InChI is InChI=1S/C18H22N4/c1-22(13-5-8-15-6-3-2-4-7-15)18-16-9-11-19-12-10-17(16)20-14-21-18/h2-8,14,19H,9-13H2,1H3/b8-5+. The highest BCUT2D eigenvalue weighted by atomic mass is 15.2. The third-order valence-corrected chi connectivity index (χ3v) is 3.95. The normalized spacial score (nSPS) is 14.6. The van der Waals surface area contributed by atoms with Crippen molar-refractivity contribution in [1.82, 2.24) is 15.3 Å². The first kappa shape index (κ1) is 14.7. The van der Waals surface area contributed by atoms with Crippen LogP contribution in [0.2, 0.25) is 0 Å². The Bertz CT molecular complexity index is 637. The molecular formula is C18H22N4. The molecule has 114 valence electrons. The molecule has 1 aliphatic rings. The molecule has 0 amide bonds. The third kappa shape index (κ3) is 3.52. The molecule has 4 heteroatoms. The van der Waals surface area contributed by atoms with Gasteiger partial charge in [-0.25, -0.2) is 9.97 Å². The van der Waals surface area contributed by atoms with Crippen LogP contribution in [0.3, 0.4) is 0 Å². The first-order valence-electron chi connectivity index (χ1n) is 7.81. The van der Waals surface area contributed by atoms with Crippen molar-refractivity contribution in [3.8, 4) is 0 Å². The number of fused-ring (bicyclic) bond motifs is 1. The number of benzene rings is 1. The second-order valence-electron chi connectivity index (χ2n) is 5.57. The Balaban J connectivity index is 1.72. The van der Waals surface area contributed by atoms with Gasteiger partial charge in [0.15, 0.2) is 0 Å². The minimum absolute atomic E-state index is 0.839. The maximum absolute atomic E-state index is 4.51. The van der Waals surface area contributed by atoms with Gasteiger partial charge >= 0.3 is 0 Å². The number of rotatable bonds is 4. The van der Waals surface area contributed by atoms with Crippen LogP contribution in [0.1, 0.15) is 16.8 Å². The fourth-order valence-electron chi connectivity index (χ4n) is 2.78. The van der Waals surface area contributed by atoms with E-state index in [1.807, 2.05) is 6.07 Å². The average molecular weight is 294 g/mol. The lowest BCUT2D eigenvalue weighted by molar-refractivity contribution is 0.708. The Kier molecular flexibility index (Phi) is 4.81. The first-order chi connectivity index (χ1) is 10.8. The Labute approximate surface area is 131 Å². The third-order valence-electron chi connectivity index (χ3n) is 3.95. The van der Waals surface area contributed by atoms with E-state index in [0.29, 0.717) is 0 Å². The molecule has 0 saturated heterocycles. The zero-order valence-electron chi connectivity index (χ0n) is 13.0. The van der Waals surface area contributed by atoms with Crippen LogP contribution in [-0.4, -0.2) is 36.6 Å². The molecule has 22 heavy (non-hydrogen) atoms. The summed E-state index contributed by atoms with van der Waals surface area (Å²) in [5, 5.41) is 3.42. The van der Waals surface area contributed by atoms with Crippen LogP contribution in [0.4, 0.5) is 5.82 Å². The van der Waals surface area contributed by atoms with Crippen LogP contribution in [0.15, 0.2) is 42.7 Å². The quantitative estimate of drug-likeness (QED) is 0.939. The van der Waals surface area contributed by atoms with E-state index in [4.69, 9.17) is 0 Å². The Morgan fingerprint density at radius 2 is 1.95 bits per heavy atom. The van der Waals surface area contributed by atoms with Crippen LogP contribution in [0.5, 0.6) is 0 Å². The predicted octanol–water partition coefficient (Wildman–Crippen LogP) is 2.31. The summed E-state index contributed by atoms with van der Waals surface area (Å²) < 4.78 is 0. The summed E-state index contributed by atoms with van der Waals surface area (Å²) in [6, 6.07) is 10.4. The monoisotopic (exact) mass is 294 g/mol. The van der Waals surface area contributed by atoms with Gasteiger partial charge in [0.05, 0.1) is 5.69 Å². The van der Waals surface area contributed by atoms with Gasteiger partial charge < -0.3 is 10.2 Å². The maximum atomic E-state index is 4.51. The fraction of sp³-hybridized carbons (Fsp3) is 0.333. The summed E-state index contributed by atoms with van der Waals surface area (Å²) in [6.07, 6.45) is 8.00. The van der Waals surface area contributed by atoms with E-state index in [1.165, 1.54) is 16.8 Å². The lowest BCUT2D eigenvalue weighted by Crippen LogP contribution is -2.21. The van der Waals surface area contributed by atoms with E-state index in [2.05, 4.69) is 63.6 Å². The molecule has 2 heterocycles. The molecule has 3 rings (SSSR count). The van der Waals surface area contributed by atoms with Crippen molar-refractivity contribution >= 4 is 11.9 Å². The van der Waals surface area contributed by atoms with Gasteiger partial charge in [0, 0.05) is 32.1 Å². The zero-order valence-corrected chi connectivity index (χ0v) is 13.0. The number of hydrogen-bond donors (Lipinski definition) is 1. The van der Waals surface area contributed by atoms with Gasteiger partial charge in [-0.3, -0.25) is 0 Å². The minimum atomic E-state index is 0.839. The van der Waals surface area contributed by atoms with E-state index >= 15 is 0 Å². The van der Waals surface area contributed by atoms with E-state index in [-0.39, 0.29) is 0 Å². The van der Waals surface area contributed by atoms with Crippen molar-refractivity contribution < 1.29 is 0 Å². The van der Waals surface area contributed by atoms with Gasteiger partial charge in [-0.1, -0.05) is 42.5 Å². The summed E-state index contributed by atoms with van der Waals surface area (Å²) in [5.74, 6) is 1.06. The molecule has 0 atom stereocenters. The topological polar surface area (TPSA) is 41.1 Å². The van der Waals surface area contributed by atoms with Gasteiger partial charge in [-0.15, -0.1) is 0 Å². The van der Waals surface area contributed by atoms with Crippen LogP contribution in [-0.2, 0) is 12.8 Å². The van der Waals surface area contributed by atoms with Crippen molar-refractivity contribution in [3.63, 3.8) is 0 Å². The molecule has 2 aromatic rings. The van der Waals surface area contributed by atoms with Crippen molar-refractivity contribution in [2.24, 2.45) is 0 Å². The molecule has 0 aliphatic carbocycles. The molecule has 0 radical (unpaired) electrons. The van der Waals surface area contributed by atoms with E-state index < -0.39 is 0 Å². The van der Waals surface area contributed by atoms with E-state index in [9.17, 15) is 0 Å². The summed E-state index contributed by atoms with van der Waals surface area (Å²) in [4.78, 5) is 11.2. The summed E-state index contributed by atoms with van der Waals surface area (Å²) in [7, 11) is 2.09. The molecule has 1 N–H and O–H groups in total. The van der Waals surface area contributed by atoms with Crippen LogP contribution >= 0.6 is 0 Å². The molecule has 1 aliphatic heterocycles. The van der Waals surface area contributed by atoms with Gasteiger partial charge in [-0.05, 0) is 18.5 Å². The fourth-order valence-corrected chi connectivity index (χ4v) is 2.78. The molecule has 0 unspecified atom stereocenters. The average Bonchev–Trinajstić information content (AvgIpc) is 2.81. The van der Waals surface area contributed by atoms with Crippen molar-refractivity contribution in [3.05, 3.63) is 59.6 Å². The van der Waals surface area contributed by atoms with Crippen molar-refractivity contribution in [2.45, 2.75) is 12.8 Å². The molecule has 0 fully saturated rings. The van der Waals surface area contributed by atoms with Crippen molar-refractivity contribution in [2.75, 3.05) is 31.6 Å². The minimum Gasteiger partial charge on any atom is -0.356 e. The number of nitrogens with zero attached hydrogens (tertiary/aromatic N) is 3. The van der Waals surface area contributed by atoms with Gasteiger partial charge in [0.2, 0.25) is 0 Å². The highest BCUT2D eigenvalue weighted by molar-refractivity contribution is 5.52. The second kappa shape index (κ2) is 7.18. The van der Waals surface area contributed by atoms with E-state index in [0.717, 1.165) is 38.3 Å². The lowest BCUT2D eigenvalue weighted by Gasteiger charge is -2.20. The summed E-state index contributed by atoms with van der Waals surface area (Å²) >= 11 is 0. The number of hydrogen-bond acceptors (Lipinski definition) is 4. The highest BCUT2D eigenvalue weighted by Gasteiger charge is 2.15. The van der Waals surface area contributed by atoms with E-state index in [1.54, 1.807) is 6.33 Å². The lowest BCUT2D eigenvalue weighted by atomic mass is 10.1. The Morgan fingerprint density at radius 3 is 2.82 bits per heavy atom. The number of aromatic nitrogens is 2. The summed E-state index contributed by atoms with van der Waals surface area (Å²) in [5.41, 5.74) is 3.71. The molecule has 1 aromatic carbocycles. The number of likely N-dealkylation sites (N-methyl/N-ethyl adjacent to an activating group) is 1. The van der Waals surface area contributed by atoms with Crippen LogP contribution in [0, 0.1) is 0 Å². The highest BCUT2D eigenvalue weighted by Crippen LogP contribution is 2.21. The molecule has 0 spiro atoms. The zero-order chi connectivity index (χ0) is 15.2. The molecule has 0 saturated carbocycles. The number of anilines is 1. The van der Waals surface area contributed by atoms with Gasteiger partial charge in [-0.2, -0.15) is 0 Å². The Hall–Kier alpha value is -2.20. The molecule has 4 nitrogen and oxygen atoms in total. The van der Waals surface area contributed by atoms with Crippen molar-refractivity contribution in [1.29, 1.82) is 0 Å². The second-order valence-corrected chi connectivity index (χ2v) is 5.57. The molecule has 0 bridgehead atoms. The number of nitrogens with one attached hydrogen (secondary N) is 1. The SMILES string of the molecule is CN(C/C=C/c1ccccc1)c1ncnc2c1CCNCC2. The maximum Gasteiger partial charge on any atom is 0.135 e. The Morgan fingerprint density at radius 1 is 1.14 bits per heavy atom. The molecular weight excluding hydrogens is 272 g/mol. The largest absolute Gasteiger partial charge is 0.356 e. The van der Waals surface area contributed by atoms with Gasteiger partial charge in [0.1, 0.15) is 12.1 Å². The van der Waals surface area contributed by atoms with Gasteiger partial charge in [0.25, 0.3) is 0 Å². The molecule has 1 aromatic heterocycles. The van der Waals surface area contributed by atoms with Crippen LogP contribution in [0.25, 0.3) is 6.08 Å². The van der Waals surface area contributed by atoms with Crippen LogP contribution < -0.4 is 10.2 Å².